The molecule has 0 aliphatic rings. The lowest BCUT2D eigenvalue weighted by Crippen LogP contribution is -2.11. The molecule has 1 rings (SSSR count). The molecule has 56 valence electrons. The molecule has 0 unspecified atom stereocenters. The van der Waals surface area contributed by atoms with Crippen LogP contribution in [0, 0.1) is 0 Å². The summed E-state index contributed by atoms with van der Waals surface area (Å²) in [6.45, 7) is 0. The Labute approximate surface area is 56.7 Å². The molecule has 0 radical (unpaired) electrons. The molecule has 1 heterocycles. The zero-order valence-corrected chi connectivity index (χ0v) is 5.11. The second-order valence-corrected chi connectivity index (χ2v) is 1.76. The highest BCUT2D eigenvalue weighted by atomic mass is 19.4. The summed E-state index contributed by atoms with van der Waals surface area (Å²) in [6.07, 6.45) is -3.62. The summed E-state index contributed by atoms with van der Waals surface area (Å²) >= 11 is 0. The first-order valence-electron chi connectivity index (χ1n) is 2.98. The number of hydrogen-bond donors (Lipinski definition) is 0. The van der Waals surface area contributed by atoms with Crippen LogP contribution in [0.5, 0.6) is 0 Å². The SMILES string of the molecule is [2H]c1cnn(C)c1C(F)(F)F. The van der Waals surface area contributed by atoms with Crippen molar-refractivity contribution >= 4 is 0 Å². The average Bonchev–Trinajstić information content (AvgIpc) is 2.08. The van der Waals surface area contributed by atoms with Crippen molar-refractivity contribution in [2.75, 3.05) is 0 Å². The highest BCUT2D eigenvalue weighted by Gasteiger charge is 2.33. The summed E-state index contributed by atoms with van der Waals surface area (Å²) in [5, 5.41) is 3.29. The molecule has 5 heteroatoms. The van der Waals surface area contributed by atoms with E-state index >= 15 is 0 Å². The number of rotatable bonds is 0. The molecule has 0 bridgehead atoms. The third-order valence-electron chi connectivity index (χ3n) is 1.02. The van der Waals surface area contributed by atoms with Crippen molar-refractivity contribution < 1.29 is 14.5 Å². The second kappa shape index (κ2) is 2.00. The fourth-order valence-corrected chi connectivity index (χ4v) is 0.593. The Morgan fingerprint density at radius 3 is 2.50 bits per heavy atom. The number of alkyl halides is 3. The Balaban J connectivity index is 3.21. The fraction of sp³-hybridized carbons (Fsp3) is 0.400. The largest absolute Gasteiger partial charge is 0.433 e. The van der Waals surface area contributed by atoms with E-state index in [-0.39, 0.29) is 0 Å². The molecule has 0 amide bonds. The maximum absolute atomic E-state index is 12.0. The van der Waals surface area contributed by atoms with E-state index in [2.05, 4.69) is 5.10 Å². The molecular formula is C5H5F3N2. The van der Waals surface area contributed by atoms with Gasteiger partial charge in [-0.05, 0) is 6.04 Å². The topological polar surface area (TPSA) is 17.8 Å². The summed E-state index contributed by atoms with van der Waals surface area (Å²) in [4.78, 5) is 0. The van der Waals surface area contributed by atoms with E-state index in [1.165, 1.54) is 0 Å². The maximum Gasteiger partial charge on any atom is 0.433 e. The third kappa shape index (κ3) is 1.12. The quantitative estimate of drug-likeness (QED) is 0.548. The van der Waals surface area contributed by atoms with Gasteiger partial charge in [-0.2, -0.15) is 18.3 Å². The molecule has 0 saturated carbocycles. The monoisotopic (exact) mass is 151 g/mol. The van der Waals surface area contributed by atoms with Gasteiger partial charge in [0.1, 0.15) is 5.69 Å². The van der Waals surface area contributed by atoms with Gasteiger partial charge in [-0.15, -0.1) is 0 Å². The molecule has 1 aromatic heterocycles. The fourth-order valence-electron chi connectivity index (χ4n) is 0.593. The Kier molecular flexibility index (Phi) is 1.15. The summed E-state index contributed by atoms with van der Waals surface area (Å²) in [6, 6.07) is -0.597. The minimum atomic E-state index is -4.48. The molecule has 2 nitrogen and oxygen atoms in total. The van der Waals surface area contributed by atoms with Crippen LogP contribution in [-0.2, 0) is 13.2 Å². The van der Waals surface area contributed by atoms with Crippen molar-refractivity contribution in [3.63, 3.8) is 0 Å². The van der Waals surface area contributed by atoms with E-state index in [1.807, 2.05) is 0 Å². The van der Waals surface area contributed by atoms with E-state index in [0.29, 0.717) is 4.68 Å². The lowest BCUT2D eigenvalue weighted by Gasteiger charge is -2.04. The van der Waals surface area contributed by atoms with Crippen LogP contribution in [0.3, 0.4) is 0 Å². The van der Waals surface area contributed by atoms with Crippen molar-refractivity contribution in [1.82, 2.24) is 9.78 Å². The number of aryl methyl sites for hydroxylation is 1. The van der Waals surface area contributed by atoms with Crippen molar-refractivity contribution in [1.29, 1.82) is 0 Å². The molecular weight excluding hydrogens is 145 g/mol. The van der Waals surface area contributed by atoms with Gasteiger partial charge in [0.2, 0.25) is 0 Å². The van der Waals surface area contributed by atoms with Crippen molar-refractivity contribution in [3.05, 3.63) is 17.9 Å². The number of halogens is 3. The second-order valence-electron chi connectivity index (χ2n) is 1.76. The lowest BCUT2D eigenvalue weighted by molar-refractivity contribution is -0.143. The van der Waals surface area contributed by atoms with Gasteiger partial charge >= 0.3 is 6.18 Å². The standard InChI is InChI=1S/C5H5F3N2/c1-10-4(2-3-9-10)5(6,7)8/h2-3H,1H3/i2D. The van der Waals surface area contributed by atoms with Gasteiger partial charge in [0.15, 0.2) is 0 Å². The predicted molar refractivity (Wildman–Crippen MR) is 28.2 cm³/mol. The minimum Gasteiger partial charge on any atom is -0.264 e. The summed E-state index contributed by atoms with van der Waals surface area (Å²) < 4.78 is 43.4. The highest BCUT2D eigenvalue weighted by Crippen LogP contribution is 2.27. The van der Waals surface area contributed by atoms with E-state index in [0.717, 1.165) is 13.2 Å². The Hall–Kier alpha value is -1.00. The van der Waals surface area contributed by atoms with Crippen LogP contribution in [0.4, 0.5) is 13.2 Å². The van der Waals surface area contributed by atoms with Gasteiger partial charge in [-0.25, -0.2) is 0 Å². The number of nitrogens with zero attached hydrogens (tertiary/aromatic N) is 2. The Morgan fingerprint density at radius 1 is 1.70 bits per heavy atom. The molecule has 0 aliphatic carbocycles. The molecule has 0 aromatic carbocycles. The molecule has 0 N–H and O–H groups in total. The van der Waals surface area contributed by atoms with Crippen LogP contribution in [-0.4, -0.2) is 9.78 Å². The maximum atomic E-state index is 12.0. The summed E-state index contributed by atoms with van der Waals surface area (Å²) in [5.74, 6) is 0. The van der Waals surface area contributed by atoms with Gasteiger partial charge in [0.25, 0.3) is 0 Å². The first kappa shape index (κ1) is 5.76. The van der Waals surface area contributed by atoms with Crippen molar-refractivity contribution in [2.24, 2.45) is 7.05 Å². The Bertz CT molecular complexity index is 246. The first-order chi connectivity index (χ1) is 4.93. The zero-order chi connectivity index (χ0) is 8.65. The van der Waals surface area contributed by atoms with E-state index in [9.17, 15) is 13.2 Å². The number of aromatic nitrogens is 2. The van der Waals surface area contributed by atoms with Gasteiger partial charge in [0, 0.05) is 13.2 Å². The van der Waals surface area contributed by atoms with E-state index < -0.39 is 17.9 Å². The molecule has 10 heavy (non-hydrogen) atoms. The Morgan fingerprint density at radius 2 is 2.30 bits per heavy atom. The molecule has 0 atom stereocenters. The zero-order valence-electron chi connectivity index (χ0n) is 6.11. The van der Waals surface area contributed by atoms with Crippen LogP contribution < -0.4 is 0 Å². The van der Waals surface area contributed by atoms with Gasteiger partial charge in [-0.3, -0.25) is 4.68 Å². The third-order valence-corrected chi connectivity index (χ3v) is 1.02. The van der Waals surface area contributed by atoms with Gasteiger partial charge in [-0.1, -0.05) is 0 Å². The van der Waals surface area contributed by atoms with Crippen molar-refractivity contribution in [2.45, 2.75) is 6.18 Å². The van der Waals surface area contributed by atoms with Gasteiger partial charge in [0.05, 0.1) is 1.37 Å². The molecule has 1 aromatic rings. The predicted octanol–water partition coefficient (Wildman–Crippen LogP) is 1.44. The smallest absolute Gasteiger partial charge is 0.264 e. The van der Waals surface area contributed by atoms with E-state index in [1.54, 1.807) is 0 Å². The van der Waals surface area contributed by atoms with Crippen LogP contribution in [0.1, 0.15) is 7.06 Å². The molecule has 0 fully saturated rings. The number of hydrogen-bond acceptors (Lipinski definition) is 1. The van der Waals surface area contributed by atoms with Crippen LogP contribution >= 0.6 is 0 Å². The molecule has 0 saturated heterocycles. The highest BCUT2D eigenvalue weighted by molar-refractivity contribution is 5.03. The average molecular weight is 151 g/mol. The minimum absolute atomic E-state index is 0.597. The van der Waals surface area contributed by atoms with Gasteiger partial charge < -0.3 is 0 Å². The lowest BCUT2D eigenvalue weighted by atomic mass is 10.4. The van der Waals surface area contributed by atoms with Crippen LogP contribution in [0.2, 0.25) is 0 Å². The molecule has 0 spiro atoms. The van der Waals surface area contributed by atoms with Crippen LogP contribution in [0.25, 0.3) is 0 Å². The normalized spacial score (nSPS) is 13.4. The first-order valence-corrected chi connectivity index (χ1v) is 2.48. The van der Waals surface area contributed by atoms with Crippen molar-refractivity contribution in [3.8, 4) is 0 Å². The molecule has 0 aliphatic heterocycles. The van der Waals surface area contributed by atoms with Crippen LogP contribution in [0.15, 0.2) is 12.2 Å². The summed E-state index contributed by atoms with van der Waals surface area (Å²) in [5.41, 5.74) is -1.02. The van der Waals surface area contributed by atoms with E-state index in [4.69, 9.17) is 1.37 Å². The summed E-state index contributed by atoms with van der Waals surface area (Å²) in [7, 11) is 1.15.